The summed E-state index contributed by atoms with van der Waals surface area (Å²) in [5.41, 5.74) is 0.218. The Morgan fingerprint density at radius 2 is 2.22 bits per heavy atom. The lowest BCUT2D eigenvalue weighted by Gasteiger charge is -2.23. The van der Waals surface area contributed by atoms with Gasteiger partial charge in [0, 0.05) is 19.1 Å². The highest BCUT2D eigenvalue weighted by molar-refractivity contribution is 4.86. The van der Waals surface area contributed by atoms with Crippen molar-refractivity contribution in [3.8, 4) is 0 Å². The first kappa shape index (κ1) is 13.5. The fraction of sp³-hybridized carbons (Fsp3) is 0.846. The summed E-state index contributed by atoms with van der Waals surface area (Å²) in [6, 6.07) is 0. The highest BCUT2D eigenvalue weighted by Crippen LogP contribution is 2.17. The number of hydrogen-bond donors (Lipinski definition) is 1. The lowest BCUT2D eigenvalue weighted by Crippen LogP contribution is -2.39. The van der Waals surface area contributed by atoms with Crippen molar-refractivity contribution in [2.45, 2.75) is 39.3 Å². The average Bonchev–Trinajstić information content (AvgIpc) is 2.85. The minimum Gasteiger partial charge on any atom is -0.312 e. The third kappa shape index (κ3) is 4.07. The van der Waals surface area contributed by atoms with Gasteiger partial charge in [-0.2, -0.15) is 5.10 Å². The Hall–Kier alpha value is -0.940. The lowest BCUT2D eigenvalue weighted by molar-refractivity contribution is 0.298. The Labute approximate surface area is 110 Å². The molecule has 0 aliphatic carbocycles. The molecule has 5 heteroatoms. The summed E-state index contributed by atoms with van der Waals surface area (Å²) in [5.74, 6) is 1.69. The zero-order valence-electron chi connectivity index (χ0n) is 12.0. The second-order valence-corrected chi connectivity index (χ2v) is 6.36. The first-order valence-electron chi connectivity index (χ1n) is 6.74. The molecule has 1 saturated heterocycles. The van der Waals surface area contributed by atoms with Crippen molar-refractivity contribution in [2.24, 2.45) is 13.0 Å². The summed E-state index contributed by atoms with van der Waals surface area (Å²) in [7, 11) is 1.91. The van der Waals surface area contributed by atoms with Gasteiger partial charge in [-0.3, -0.25) is 9.58 Å². The maximum atomic E-state index is 4.33. The molecule has 1 N–H and O–H groups in total. The molecule has 18 heavy (non-hydrogen) atoms. The minimum atomic E-state index is 0.218. The van der Waals surface area contributed by atoms with Crippen molar-refractivity contribution in [1.29, 1.82) is 0 Å². The predicted octanol–water partition coefficient (Wildman–Crippen LogP) is 1.03. The molecule has 0 bridgehead atoms. The van der Waals surface area contributed by atoms with E-state index < -0.39 is 0 Å². The molecule has 0 amide bonds. The third-order valence-corrected chi connectivity index (χ3v) is 3.30. The highest BCUT2D eigenvalue weighted by Gasteiger charge is 2.24. The summed E-state index contributed by atoms with van der Waals surface area (Å²) in [5, 5.41) is 7.92. The lowest BCUT2D eigenvalue weighted by atomic mass is 10.1. The van der Waals surface area contributed by atoms with Gasteiger partial charge >= 0.3 is 0 Å². The molecule has 0 spiro atoms. The molecule has 1 aliphatic heterocycles. The van der Waals surface area contributed by atoms with Crippen LogP contribution in [0.5, 0.6) is 0 Å². The van der Waals surface area contributed by atoms with E-state index in [2.05, 4.69) is 41.1 Å². The molecule has 0 aromatic carbocycles. The average molecular weight is 251 g/mol. The number of nitrogens with one attached hydrogen (secondary N) is 1. The van der Waals surface area contributed by atoms with E-state index in [1.807, 2.05) is 7.05 Å². The topological polar surface area (TPSA) is 46.0 Å². The monoisotopic (exact) mass is 251 g/mol. The van der Waals surface area contributed by atoms with E-state index in [0.29, 0.717) is 0 Å². The molecule has 1 aromatic heterocycles. The van der Waals surface area contributed by atoms with Gasteiger partial charge in [-0.1, -0.05) is 0 Å². The molecule has 0 radical (unpaired) electrons. The molecule has 1 aliphatic rings. The Kier molecular flexibility index (Phi) is 4.02. The molecule has 102 valence electrons. The Bertz CT molecular complexity index is 379. The van der Waals surface area contributed by atoms with Gasteiger partial charge in [0.05, 0.1) is 6.54 Å². The van der Waals surface area contributed by atoms with Gasteiger partial charge in [0.2, 0.25) is 0 Å². The van der Waals surface area contributed by atoms with Crippen LogP contribution in [0.2, 0.25) is 0 Å². The van der Waals surface area contributed by atoms with Crippen LogP contribution in [0.15, 0.2) is 6.33 Å². The Balaban J connectivity index is 1.75. The Morgan fingerprint density at radius 1 is 1.44 bits per heavy atom. The molecule has 5 nitrogen and oxygen atoms in total. The molecule has 1 unspecified atom stereocenters. The van der Waals surface area contributed by atoms with E-state index in [4.69, 9.17) is 0 Å². The van der Waals surface area contributed by atoms with Crippen LogP contribution in [0.25, 0.3) is 0 Å². The summed E-state index contributed by atoms with van der Waals surface area (Å²) in [6.07, 6.45) is 3.04. The summed E-state index contributed by atoms with van der Waals surface area (Å²) < 4.78 is 1.77. The molecule has 1 atom stereocenters. The Morgan fingerprint density at radius 3 is 2.83 bits per heavy atom. The molecular weight excluding hydrogens is 226 g/mol. The van der Waals surface area contributed by atoms with Gasteiger partial charge in [0.25, 0.3) is 0 Å². The molecule has 1 aromatic rings. The van der Waals surface area contributed by atoms with Gasteiger partial charge in [0.1, 0.15) is 6.33 Å². The normalized spacial score (nSPS) is 21.7. The number of aryl methyl sites for hydroxylation is 1. The van der Waals surface area contributed by atoms with Gasteiger partial charge in [-0.25, -0.2) is 4.98 Å². The quantitative estimate of drug-likeness (QED) is 0.868. The maximum Gasteiger partial charge on any atom is 0.164 e. The van der Waals surface area contributed by atoms with Crippen molar-refractivity contribution in [1.82, 2.24) is 25.0 Å². The van der Waals surface area contributed by atoms with E-state index in [1.54, 1.807) is 11.0 Å². The van der Waals surface area contributed by atoms with Crippen LogP contribution in [0.1, 0.15) is 33.0 Å². The standard InChI is InChI=1S/C13H25N5/c1-13(2,3)15-7-11-5-6-18(8-11)9-12-14-10-17(4)16-12/h10-11,15H,5-9H2,1-4H3. The summed E-state index contributed by atoms with van der Waals surface area (Å²) in [6.45, 7) is 11.0. The van der Waals surface area contributed by atoms with Gasteiger partial charge in [-0.05, 0) is 46.2 Å². The third-order valence-electron chi connectivity index (χ3n) is 3.30. The van der Waals surface area contributed by atoms with Crippen LogP contribution in [0.3, 0.4) is 0 Å². The van der Waals surface area contributed by atoms with Crippen LogP contribution in [0.4, 0.5) is 0 Å². The van der Waals surface area contributed by atoms with Crippen molar-refractivity contribution in [2.75, 3.05) is 19.6 Å². The van der Waals surface area contributed by atoms with Crippen LogP contribution < -0.4 is 5.32 Å². The smallest absolute Gasteiger partial charge is 0.164 e. The molecule has 1 fully saturated rings. The first-order chi connectivity index (χ1) is 8.42. The number of nitrogens with zero attached hydrogens (tertiary/aromatic N) is 4. The van der Waals surface area contributed by atoms with E-state index in [9.17, 15) is 0 Å². The largest absolute Gasteiger partial charge is 0.312 e. The second-order valence-electron chi connectivity index (χ2n) is 6.36. The van der Waals surface area contributed by atoms with Gasteiger partial charge < -0.3 is 5.32 Å². The molecular formula is C13H25N5. The second kappa shape index (κ2) is 5.36. The fourth-order valence-electron chi connectivity index (χ4n) is 2.33. The number of rotatable bonds is 4. The SMILES string of the molecule is Cn1cnc(CN2CCC(CNC(C)(C)C)C2)n1. The van der Waals surface area contributed by atoms with Crippen molar-refractivity contribution >= 4 is 0 Å². The molecule has 2 heterocycles. The molecule has 2 rings (SSSR count). The number of hydrogen-bond acceptors (Lipinski definition) is 4. The van der Waals surface area contributed by atoms with Gasteiger partial charge in [-0.15, -0.1) is 0 Å². The first-order valence-corrected chi connectivity index (χ1v) is 6.74. The van der Waals surface area contributed by atoms with E-state index in [-0.39, 0.29) is 5.54 Å². The van der Waals surface area contributed by atoms with Crippen LogP contribution in [-0.4, -0.2) is 44.8 Å². The van der Waals surface area contributed by atoms with E-state index >= 15 is 0 Å². The van der Waals surface area contributed by atoms with Gasteiger partial charge in [0.15, 0.2) is 5.82 Å². The predicted molar refractivity (Wildman–Crippen MR) is 72.1 cm³/mol. The summed E-state index contributed by atoms with van der Waals surface area (Å²) in [4.78, 5) is 6.73. The number of likely N-dealkylation sites (tertiary alicyclic amines) is 1. The minimum absolute atomic E-state index is 0.218. The van der Waals surface area contributed by atoms with Crippen LogP contribution >= 0.6 is 0 Å². The molecule has 0 saturated carbocycles. The van der Waals surface area contributed by atoms with Crippen molar-refractivity contribution in [3.05, 3.63) is 12.2 Å². The van der Waals surface area contributed by atoms with Crippen molar-refractivity contribution < 1.29 is 0 Å². The zero-order chi connectivity index (χ0) is 13.2. The van der Waals surface area contributed by atoms with Crippen LogP contribution in [-0.2, 0) is 13.6 Å². The van der Waals surface area contributed by atoms with E-state index in [0.717, 1.165) is 37.9 Å². The summed E-state index contributed by atoms with van der Waals surface area (Å²) >= 11 is 0. The fourth-order valence-corrected chi connectivity index (χ4v) is 2.33. The highest BCUT2D eigenvalue weighted by atomic mass is 15.3. The van der Waals surface area contributed by atoms with E-state index in [1.165, 1.54) is 6.42 Å². The number of aromatic nitrogens is 3. The van der Waals surface area contributed by atoms with Crippen molar-refractivity contribution in [3.63, 3.8) is 0 Å². The maximum absolute atomic E-state index is 4.33. The zero-order valence-corrected chi connectivity index (χ0v) is 12.0. The van der Waals surface area contributed by atoms with Crippen LogP contribution in [0, 0.1) is 5.92 Å².